The molecule has 1 fully saturated rings. The van der Waals surface area contributed by atoms with Gasteiger partial charge in [-0.25, -0.2) is 4.98 Å². The van der Waals surface area contributed by atoms with Crippen LogP contribution < -0.4 is 10.6 Å². The Bertz CT molecular complexity index is 678. The molecule has 0 spiro atoms. The van der Waals surface area contributed by atoms with Gasteiger partial charge in [0, 0.05) is 42.7 Å². The van der Waals surface area contributed by atoms with Crippen molar-refractivity contribution in [2.75, 3.05) is 6.54 Å². The van der Waals surface area contributed by atoms with Gasteiger partial charge in [0.05, 0.1) is 0 Å². The van der Waals surface area contributed by atoms with Crippen LogP contribution in [0.5, 0.6) is 0 Å². The van der Waals surface area contributed by atoms with E-state index in [4.69, 9.17) is 4.52 Å². The van der Waals surface area contributed by atoms with Crippen LogP contribution in [0.3, 0.4) is 0 Å². The van der Waals surface area contributed by atoms with Crippen LogP contribution in [0.25, 0.3) is 0 Å². The number of fused-ring (bicyclic) bond motifs is 1. The van der Waals surface area contributed by atoms with E-state index in [-0.39, 0.29) is 5.91 Å². The molecule has 7 heteroatoms. The number of nitrogens with one attached hydrogen (secondary N) is 2. The molecule has 0 radical (unpaired) electrons. The number of thiazole rings is 1. The quantitative estimate of drug-likeness (QED) is 0.845. The minimum atomic E-state index is -0.0949. The van der Waals surface area contributed by atoms with E-state index in [1.165, 1.54) is 12.8 Å². The fraction of sp³-hybridized carbons (Fsp3) is 0.562. The van der Waals surface area contributed by atoms with E-state index in [2.05, 4.69) is 20.8 Å². The van der Waals surface area contributed by atoms with Crippen LogP contribution in [-0.2, 0) is 19.4 Å². The molecule has 6 nitrogen and oxygen atoms in total. The predicted molar refractivity (Wildman–Crippen MR) is 86.3 cm³/mol. The topological polar surface area (TPSA) is 80.0 Å². The fourth-order valence-electron chi connectivity index (χ4n) is 2.97. The normalized spacial score (nSPS) is 20.3. The van der Waals surface area contributed by atoms with Gasteiger partial charge in [0.1, 0.15) is 10.8 Å². The molecule has 0 aromatic carbocycles. The summed E-state index contributed by atoms with van der Waals surface area (Å²) < 4.78 is 5.38. The van der Waals surface area contributed by atoms with Gasteiger partial charge in [0.25, 0.3) is 5.91 Å². The van der Waals surface area contributed by atoms with Crippen LogP contribution in [0.4, 0.5) is 0 Å². The molecule has 0 bridgehead atoms. The Morgan fingerprint density at radius 3 is 3.09 bits per heavy atom. The van der Waals surface area contributed by atoms with Gasteiger partial charge in [-0.1, -0.05) is 5.16 Å². The number of aryl methyl sites for hydroxylation is 1. The molecule has 0 saturated heterocycles. The van der Waals surface area contributed by atoms with E-state index in [1.807, 2.05) is 11.6 Å². The molecule has 1 amide bonds. The van der Waals surface area contributed by atoms with E-state index in [9.17, 15) is 4.79 Å². The summed E-state index contributed by atoms with van der Waals surface area (Å²) in [6.45, 7) is 1.53. The molecule has 23 heavy (non-hydrogen) atoms. The number of aromatic nitrogens is 2. The first-order chi connectivity index (χ1) is 11.3. The predicted octanol–water partition coefficient (Wildman–Crippen LogP) is 1.92. The van der Waals surface area contributed by atoms with Crippen LogP contribution >= 0.6 is 11.3 Å². The molecular formula is C16H20N4O2S. The van der Waals surface area contributed by atoms with Crippen LogP contribution in [0.1, 0.15) is 46.1 Å². The first-order valence-corrected chi connectivity index (χ1v) is 9.05. The zero-order valence-electron chi connectivity index (χ0n) is 12.9. The number of hydrogen-bond acceptors (Lipinski definition) is 6. The summed E-state index contributed by atoms with van der Waals surface area (Å²) in [7, 11) is 0. The lowest BCUT2D eigenvalue weighted by Crippen LogP contribution is -2.35. The number of hydrogen-bond donors (Lipinski definition) is 2. The standard InChI is InChI=1S/C16H20N4O2S/c21-16(19-8-10-1-2-10)15-12-7-11(3-4-13(12)22-20-15)18-9-14-17-5-6-23-14/h5-6,10-11,18H,1-4,7-9H2,(H,19,21). The van der Waals surface area contributed by atoms with Crippen molar-refractivity contribution in [1.82, 2.24) is 20.8 Å². The molecule has 2 aliphatic rings. The van der Waals surface area contributed by atoms with E-state index in [0.29, 0.717) is 17.7 Å². The first kappa shape index (κ1) is 14.8. The second-order valence-electron chi connectivity index (χ2n) is 6.33. The van der Waals surface area contributed by atoms with Crippen molar-refractivity contribution < 1.29 is 9.32 Å². The Morgan fingerprint density at radius 2 is 2.30 bits per heavy atom. The average molecular weight is 332 g/mol. The van der Waals surface area contributed by atoms with Crippen molar-refractivity contribution in [1.29, 1.82) is 0 Å². The number of rotatable bonds is 6. The van der Waals surface area contributed by atoms with Gasteiger partial charge < -0.3 is 15.2 Å². The van der Waals surface area contributed by atoms with E-state index in [0.717, 1.165) is 48.7 Å². The minimum absolute atomic E-state index is 0.0949. The largest absolute Gasteiger partial charge is 0.360 e. The number of nitrogens with zero attached hydrogens (tertiary/aromatic N) is 2. The van der Waals surface area contributed by atoms with E-state index in [1.54, 1.807) is 11.3 Å². The molecule has 1 saturated carbocycles. The molecule has 1 atom stereocenters. The highest BCUT2D eigenvalue weighted by atomic mass is 32.1. The Labute approximate surface area is 138 Å². The van der Waals surface area contributed by atoms with Crippen molar-refractivity contribution in [3.05, 3.63) is 33.6 Å². The van der Waals surface area contributed by atoms with Gasteiger partial charge in [-0.2, -0.15) is 0 Å². The second kappa shape index (κ2) is 6.41. The summed E-state index contributed by atoms with van der Waals surface area (Å²) in [5.41, 5.74) is 1.45. The molecule has 2 aromatic heterocycles. The third-order valence-electron chi connectivity index (χ3n) is 4.53. The minimum Gasteiger partial charge on any atom is -0.360 e. The average Bonchev–Trinajstić information content (AvgIpc) is 3.08. The van der Waals surface area contributed by atoms with Gasteiger partial charge >= 0.3 is 0 Å². The Morgan fingerprint density at radius 1 is 1.39 bits per heavy atom. The van der Waals surface area contributed by atoms with E-state index < -0.39 is 0 Å². The highest BCUT2D eigenvalue weighted by Gasteiger charge is 2.29. The van der Waals surface area contributed by atoms with Crippen LogP contribution in [0.2, 0.25) is 0 Å². The summed E-state index contributed by atoms with van der Waals surface area (Å²) in [4.78, 5) is 16.6. The lowest BCUT2D eigenvalue weighted by Gasteiger charge is -2.22. The first-order valence-electron chi connectivity index (χ1n) is 8.17. The molecular weight excluding hydrogens is 312 g/mol. The van der Waals surface area contributed by atoms with Crippen molar-refractivity contribution in [2.24, 2.45) is 5.92 Å². The van der Waals surface area contributed by atoms with Gasteiger partial charge in [-0.15, -0.1) is 11.3 Å². The highest BCUT2D eigenvalue weighted by molar-refractivity contribution is 7.09. The lowest BCUT2D eigenvalue weighted by molar-refractivity contribution is 0.0942. The molecule has 2 aromatic rings. The van der Waals surface area contributed by atoms with Crippen molar-refractivity contribution in [3.63, 3.8) is 0 Å². The second-order valence-corrected chi connectivity index (χ2v) is 7.31. The van der Waals surface area contributed by atoms with E-state index >= 15 is 0 Å². The zero-order chi connectivity index (χ0) is 15.6. The summed E-state index contributed by atoms with van der Waals surface area (Å²) >= 11 is 1.65. The summed E-state index contributed by atoms with van der Waals surface area (Å²) in [6, 6.07) is 0.334. The number of carbonyl (C=O) groups excluding carboxylic acids is 1. The summed E-state index contributed by atoms with van der Waals surface area (Å²) in [5.74, 6) is 1.44. The smallest absolute Gasteiger partial charge is 0.273 e. The van der Waals surface area contributed by atoms with Gasteiger partial charge in [0.15, 0.2) is 5.69 Å². The molecule has 1 unspecified atom stereocenters. The summed E-state index contributed by atoms with van der Waals surface area (Å²) in [5, 5.41) is 13.6. The Balaban J connectivity index is 1.38. The number of carbonyl (C=O) groups is 1. The SMILES string of the molecule is O=C(NCC1CC1)c1noc2c1CC(NCc1nccs1)CC2. The maximum atomic E-state index is 12.3. The zero-order valence-corrected chi connectivity index (χ0v) is 13.7. The van der Waals surface area contributed by atoms with Crippen molar-refractivity contribution in [3.8, 4) is 0 Å². The number of amides is 1. The van der Waals surface area contributed by atoms with Gasteiger partial charge in [-0.3, -0.25) is 4.79 Å². The molecule has 2 N–H and O–H groups in total. The fourth-order valence-corrected chi connectivity index (χ4v) is 3.54. The van der Waals surface area contributed by atoms with Crippen molar-refractivity contribution in [2.45, 2.75) is 44.7 Å². The Kier molecular flexibility index (Phi) is 4.13. The van der Waals surface area contributed by atoms with Crippen LogP contribution in [0, 0.1) is 5.92 Å². The maximum absolute atomic E-state index is 12.3. The van der Waals surface area contributed by atoms with Crippen LogP contribution in [-0.4, -0.2) is 28.6 Å². The third kappa shape index (κ3) is 3.45. The Hall–Kier alpha value is -1.73. The highest BCUT2D eigenvalue weighted by Crippen LogP contribution is 2.28. The molecule has 0 aliphatic heterocycles. The van der Waals surface area contributed by atoms with Crippen LogP contribution in [0.15, 0.2) is 16.1 Å². The molecule has 4 rings (SSSR count). The third-order valence-corrected chi connectivity index (χ3v) is 5.31. The van der Waals surface area contributed by atoms with Crippen molar-refractivity contribution >= 4 is 17.2 Å². The monoisotopic (exact) mass is 332 g/mol. The maximum Gasteiger partial charge on any atom is 0.273 e. The molecule has 2 heterocycles. The molecule has 2 aliphatic carbocycles. The lowest BCUT2D eigenvalue weighted by atomic mass is 9.92. The van der Waals surface area contributed by atoms with Gasteiger partial charge in [-0.05, 0) is 31.6 Å². The summed E-state index contributed by atoms with van der Waals surface area (Å²) in [6.07, 6.45) is 6.88. The van der Waals surface area contributed by atoms with Gasteiger partial charge in [0.2, 0.25) is 0 Å². The molecule has 122 valence electrons.